The lowest BCUT2D eigenvalue weighted by Gasteiger charge is -2.29. The number of ether oxygens (including phenoxy) is 1. The minimum atomic E-state index is -0.0592. The normalized spacial score (nSPS) is 20.1. The highest BCUT2D eigenvalue weighted by Gasteiger charge is 2.29. The molecule has 0 saturated carbocycles. The number of anilines is 1. The summed E-state index contributed by atoms with van der Waals surface area (Å²) in [6, 6.07) is 10.1. The quantitative estimate of drug-likeness (QED) is 0.598. The zero-order valence-corrected chi connectivity index (χ0v) is 15.4. The lowest BCUT2D eigenvalue weighted by molar-refractivity contribution is -0.121. The van der Waals surface area contributed by atoms with Crippen LogP contribution in [0, 0.1) is 0 Å². The molecule has 7 heteroatoms. The molecule has 1 amide bonds. The zero-order valence-electron chi connectivity index (χ0n) is 13.8. The highest BCUT2D eigenvalue weighted by molar-refractivity contribution is 8.26. The van der Waals surface area contributed by atoms with E-state index in [0.717, 1.165) is 35.4 Å². The molecule has 3 heterocycles. The number of thioether (sulfide) groups is 1. The molecule has 0 bridgehead atoms. The average Bonchev–Trinajstić information content (AvgIpc) is 2.89. The number of thiocarbonyl (C=S) groups is 1. The summed E-state index contributed by atoms with van der Waals surface area (Å²) in [6.07, 6.45) is 1.91. The van der Waals surface area contributed by atoms with E-state index in [1.807, 2.05) is 30.3 Å². The number of likely N-dealkylation sites (N-methyl/N-ethyl adjacent to an activating group) is 1. The number of aromatic nitrogens is 1. The van der Waals surface area contributed by atoms with Gasteiger partial charge in [-0.15, -0.1) is 0 Å². The molecule has 1 aromatic heterocycles. The van der Waals surface area contributed by atoms with E-state index in [2.05, 4.69) is 11.0 Å². The van der Waals surface area contributed by atoms with Crippen LogP contribution in [0.2, 0.25) is 0 Å². The van der Waals surface area contributed by atoms with Gasteiger partial charge in [-0.05, 0) is 18.2 Å². The molecule has 0 radical (unpaired) electrons. The Labute approximate surface area is 155 Å². The van der Waals surface area contributed by atoms with E-state index in [-0.39, 0.29) is 5.91 Å². The first-order valence-electron chi connectivity index (χ1n) is 8.07. The molecule has 2 aliphatic rings. The largest absolute Gasteiger partial charge is 0.378 e. The fourth-order valence-corrected chi connectivity index (χ4v) is 4.11. The van der Waals surface area contributed by atoms with Gasteiger partial charge in [0.1, 0.15) is 10.1 Å². The van der Waals surface area contributed by atoms with Gasteiger partial charge in [0.25, 0.3) is 5.91 Å². The monoisotopic (exact) mass is 371 g/mol. The number of rotatable bonds is 2. The predicted octanol–water partition coefficient (Wildman–Crippen LogP) is 2.90. The third-order valence-electron chi connectivity index (χ3n) is 4.32. The number of para-hydroxylation sites is 1. The Balaban J connectivity index is 1.83. The molecule has 0 N–H and O–H groups in total. The summed E-state index contributed by atoms with van der Waals surface area (Å²) < 4.78 is 6.04. The molecule has 0 spiro atoms. The molecule has 2 fully saturated rings. The minimum absolute atomic E-state index is 0.0592. The van der Waals surface area contributed by atoms with Crippen molar-refractivity contribution in [1.82, 2.24) is 9.88 Å². The van der Waals surface area contributed by atoms with Crippen molar-refractivity contribution in [3.05, 3.63) is 40.8 Å². The molecule has 5 nitrogen and oxygen atoms in total. The first kappa shape index (κ1) is 16.5. The second-order valence-corrected chi connectivity index (χ2v) is 7.61. The van der Waals surface area contributed by atoms with Gasteiger partial charge in [0.05, 0.1) is 23.6 Å². The number of carbonyl (C=O) groups is 1. The Morgan fingerprint density at radius 1 is 1.28 bits per heavy atom. The van der Waals surface area contributed by atoms with Crippen LogP contribution < -0.4 is 4.90 Å². The molecule has 2 saturated heterocycles. The van der Waals surface area contributed by atoms with Crippen LogP contribution in [0.4, 0.5) is 5.82 Å². The number of nitrogens with zero attached hydrogens (tertiary/aromatic N) is 3. The predicted molar refractivity (Wildman–Crippen MR) is 106 cm³/mol. The minimum Gasteiger partial charge on any atom is -0.378 e. The number of amides is 1. The van der Waals surface area contributed by atoms with Crippen LogP contribution in [0.25, 0.3) is 17.0 Å². The molecular weight excluding hydrogens is 354 g/mol. The molecule has 2 aromatic rings. The van der Waals surface area contributed by atoms with Crippen molar-refractivity contribution in [3.63, 3.8) is 0 Å². The Morgan fingerprint density at radius 3 is 2.76 bits per heavy atom. The number of hydrogen-bond acceptors (Lipinski definition) is 6. The number of benzene rings is 1. The highest BCUT2D eigenvalue weighted by Crippen LogP contribution is 2.34. The summed E-state index contributed by atoms with van der Waals surface area (Å²) >= 11 is 6.57. The Morgan fingerprint density at radius 2 is 2.04 bits per heavy atom. The van der Waals surface area contributed by atoms with E-state index in [9.17, 15) is 4.79 Å². The van der Waals surface area contributed by atoms with E-state index < -0.39 is 0 Å². The third-order valence-corrected chi connectivity index (χ3v) is 5.80. The number of fused-ring (bicyclic) bond motifs is 1. The maximum absolute atomic E-state index is 12.4. The number of pyridine rings is 1. The first-order chi connectivity index (χ1) is 12.1. The summed E-state index contributed by atoms with van der Waals surface area (Å²) in [5, 5.41) is 1.05. The van der Waals surface area contributed by atoms with Crippen molar-refractivity contribution >= 4 is 57.0 Å². The molecular formula is C18H17N3O2S2. The smallest absolute Gasteiger partial charge is 0.265 e. The Kier molecular flexibility index (Phi) is 4.45. The van der Waals surface area contributed by atoms with Gasteiger partial charge in [0.15, 0.2) is 0 Å². The Hall–Kier alpha value is -1.96. The van der Waals surface area contributed by atoms with Crippen LogP contribution in [0.5, 0.6) is 0 Å². The van der Waals surface area contributed by atoms with E-state index in [1.54, 1.807) is 7.05 Å². The number of morpholine rings is 1. The average molecular weight is 371 g/mol. The van der Waals surface area contributed by atoms with Gasteiger partial charge < -0.3 is 9.64 Å². The van der Waals surface area contributed by atoms with Crippen LogP contribution in [0.1, 0.15) is 5.56 Å². The maximum Gasteiger partial charge on any atom is 0.265 e. The van der Waals surface area contributed by atoms with Crippen molar-refractivity contribution in [2.45, 2.75) is 0 Å². The lowest BCUT2D eigenvalue weighted by Crippen LogP contribution is -2.37. The molecule has 4 rings (SSSR count). The van der Waals surface area contributed by atoms with Gasteiger partial charge >= 0.3 is 0 Å². The Bertz CT molecular complexity index is 891. The van der Waals surface area contributed by atoms with Crippen LogP contribution >= 0.6 is 24.0 Å². The molecule has 128 valence electrons. The van der Waals surface area contributed by atoms with Crippen molar-refractivity contribution in [2.75, 3.05) is 38.3 Å². The molecule has 0 aliphatic carbocycles. The standard InChI is InChI=1S/C18H17N3O2S2/c1-20-17(22)15(25-18(20)24)11-13-10-12-4-2-3-5-14(12)19-16(13)21-6-8-23-9-7-21/h2-5,10-11H,6-9H2,1H3/b15-11-. The van der Waals surface area contributed by atoms with Gasteiger partial charge in [-0.25, -0.2) is 4.98 Å². The number of carbonyl (C=O) groups excluding carboxylic acids is 1. The summed E-state index contributed by atoms with van der Waals surface area (Å²) in [4.78, 5) is 21.6. The number of hydrogen-bond donors (Lipinski definition) is 0. The zero-order chi connectivity index (χ0) is 17.4. The van der Waals surface area contributed by atoms with E-state index in [0.29, 0.717) is 22.4 Å². The fraction of sp³-hybridized carbons (Fsp3) is 0.278. The van der Waals surface area contributed by atoms with Crippen LogP contribution in [0.15, 0.2) is 35.2 Å². The van der Waals surface area contributed by atoms with Crippen LogP contribution in [-0.2, 0) is 9.53 Å². The topological polar surface area (TPSA) is 45.7 Å². The molecule has 2 aliphatic heterocycles. The molecule has 0 atom stereocenters. The van der Waals surface area contributed by atoms with Gasteiger partial charge in [0.2, 0.25) is 0 Å². The highest BCUT2D eigenvalue weighted by atomic mass is 32.2. The van der Waals surface area contributed by atoms with Crippen LogP contribution in [0.3, 0.4) is 0 Å². The first-order valence-corrected chi connectivity index (χ1v) is 9.30. The molecule has 1 aromatic carbocycles. The van der Waals surface area contributed by atoms with Crippen molar-refractivity contribution in [2.24, 2.45) is 0 Å². The summed E-state index contributed by atoms with van der Waals surface area (Å²) in [5.41, 5.74) is 1.89. The fourth-order valence-electron chi connectivity index (χ4n) is 2.94. The second kappa shape index (κ2) is 6.74. The summed E-state index contributed by atoms with van der Waals surface area (Å²) in [5.74, 6) is 0.833. The lowest BCUT2D eigenvalue weighted by atomic mass is 10.1. The van der Waals surface area contributed by atoms with Gasteiger partial charge in [-0.1, -0.05) is 42.2 Å². The third kappa shape index (κ3) is 3.15. The van der Waals surface area contributed by atoms with Crippen molar-refractivity contribution < 1.29 is 9.53 Å². The summed E-state index contributed by atoms with van der Waals surface area (Å²) in [6.45, 7) is 2.96. The second-order valence-electron chi connectivity index (χ2n) is 5.93. The van der Waals surface area contributed by atoms with Crippen molar-refractivity contribution in [3.8, 4) is 0 Å². The SMILES string of the molecule is CN1C(=O)/C(=C/c2cc3ccccc3nc2N2CCOCC2)SC1=S. The van der Waals surface area contributed by atoms with Gasteiger partial charge in [-0.2, -0.15) is 0 Å². The van der Waals surface area contributed by atoms with E-state index in [4.69, 9.17) is 21.9 Å². The maximum atomic E-state index is 12.4. The van der Waals surface area contributed by atoms with Crippen molar-refractivity contribution in [1.29, 1.82) is 0 Å². The van der Waals surface area contributed by atoms with E-state index in [1.165, 1.54) is 16.7 Å². The van der Waals surface area contributed by atoms with Crippen LogP contribution in [-0.4, -0.2) is 53.5 Å². The molecule has 25 heavy (non-hydrogen) atoms. The van der Waals surface area contributed by atoms with Gasteiger partial charge in [-0.3, -0.25) is 9.69 Å². The van der Waals surface area contributed by atoms with E-state index >= 15 is 0 Å². The van der Waals surface area contributed by atoms with Gasteiger partial charge in [0, 0.05) is 31.1 Å². The molecule has 0 unspecified atom stereocenters. The summed E-state index contributed by atoms with van der Waals surface area (Å²) in [7, 11) is 1.71.